The predicted octanol–water partition coefficient (Wildman–Crippen LogP) is 3.08. The van der Waals surface area contributed by atoms with Crippen molar-refractivity contribution in [2.45, 2.75) is 33.4 Å². The molecule has 0 aliphatic heterocycles. The van der Waals surface area contributed by atoms with Crippen molar-refractivity contribution in [3.8, 4) is 6.07 Å². The van der Waals surface area contributed by atoms with Crippen molar-refractivity contribution in [3.63, 3.8) is 0 Å². The van der Waals surface area contributed by atoms with Crippen LogP contribution in [0, 0.1) is 25.2 Å². The fourth-order valence-corrected chi connectivity index (χ4v) is 2.78. The molecule has 1 unspecified atom stereocenters. The van der Waals surface area contributed by atoms with Crippen LogP contribution in [0.25, 0.3) is 0 Å². The first-order valence-corrected chi connectivity index (χ1v) is 6.58. The van der Waals surface area contributed by atoms with Crippen LogP contribution < -0.4 is 5.32 Å². The molecule has 1 N–H and O–H groups in total. The Hall–Kier alpha value is -1.64. The lowest BCUT2D eigenvalue weighted by Gasteiger charge is -2.11. The third-order valence-corrected chi connectivity index (χ3v) is 3.94. The van der Waals surface area contributed by atoms with Crippen molar-refractivity contribution in [1.29, 1.82) is 5.26 Å². The summed E-state index contributed by atoms with van der Waals surface area (Å²) in [5.41, 5.74) is 1.08. The number of nitrogens with one attached hydrogen (secondary N) is 1. The topological polar surface area (TPSA) is 61.9 Å². The molecule has 0 aliphatic rings. The van der Waals surface area contributed by atoms with Crippen molar-refractivity contribution >= 4 is 11.3 Å². The SMILES string of the molecule is Cc1nc(C)c(C(C)NCc2ccc(C#N)o2)s1. The van der Waals surface area contributed by atoms with Crippen LogP contribution in [0.4, 0.5) is 0 Å². The number of aryl methyl sites for hydroxylation is 2. The molecule has 0 amide bonds. The Labute approximate surface area is 110 Å². The van der Waals surface area contributed by atoms with Gasteiger partial charge in [-0.3, -0.25) is 0 Å². The molecule has 0 saturated carbocycles. The molecule has 2 rings (SSSR count). The van der Waals surface area contributed by atoms with Gasteiger partial charge < -0.3 is 9.73 Å². The molecule has 0 fully saturated rings. The highest BCUT2D eigenvalue weighted by Crippen LogP contribution is 2.24. The first-order chi connectivity index (χ1) is 8.60. The van der Waals surface area contributed by atoms with Crippen molar-refractivity contribution in [2.75, 3.05) is 0 Å². The monoisotopic (exact) mass is 261 g/mol. The molecule has 0 aromatic carbocycles. The molecule has 2 aromatic heterocycles. The largest absolute Gasteiger partial charge is 0.449 e. The van der Waals surface area contributed by atoms with E-state index in [0.717, 1.165) is 16.5 Å². The third kappa shape index (κ3) is 2.78. The van der Waals surface area contributed by atoms with Gasteiger partial charge in [-0.2, -0.15) is 5.26 Å². The van der Waals surface area contributed by atoms with Gasteiger partial charge in [0.2, 0.25) is 5.76 Å². The zero-order valence-electron chi connectivity index (χ0n) is 10.7. The highest BCUT2D eigenvalue weighted by atomic mass is 32.1. The van der Waals surface area contributed by atoms with Crippen molar-refractivity contribution in [2.24, 2.45) is 0 Å². The Morgan fingerprint density at radius 2 is 2.28 bits per heavy atom. The van der Waals surface area contributed by atoms with Gasteiger partial charge in [0.1, 0.15) is 11.8 Å². The highest BCUT2D eigenvalue weighted by Gasteiger charge is 2.13. The van der Waals surface area contributed by atoms with Crippen LogP contribution in [0.15, 0.2) is 16.5 Å². The molecule has 5 heteroatoms. The Kier molecular flexibility index (Phi) is 3.80. The maximum absolute atomic E-state index is 8.67. The Morgan fingerprint density at radius 3 is 2.83 bits per heavy atom. The molecule has 0 aliphatic carbocycles. The molecule has 1 atom stereocenters. The average molecular weight is 261 g/mol. The summed E-state index contributed by atoms with van der Waals surface area (Å²) < 4.78 is 5.32. The number of nitriles is 1. The van der Waals surface area contributed by atoms with Crippen LogP contribution >= 0.6 is 11.3 Å². The summed E-state index contributed by atoms with van der Waals surface area (Å²) in [6.07, 6.45) is 0. The molecule has 94 valence electrons. The summed E-state index contributed by atoms with van der Waals surface area (Å²) in [5.74, 6) is 1.13. The van der Waals surface area contributed by atoms with Gasteiger partial charge >= 0.3 is 0 Å². The molecule has 0 bridgehead atoms. The second-order valence-corrected chi connectivity index (χ2v) is 5.40. The van der Waals surface area contributed by atoms with E-state index in [2.05, 4.69) is 17.2 Å². The number of aromatic nitrogens is 1. The molecule has 0 spiro atoms. The van der Waals surface area contributed by atoms with E-state index in [1.54, 1.807) is 17.4 Å². The van der Waals surface area contributed by atoms with Gasteiger partial charge in [-0.25, -0.2) is 4.98 Å². The Morgan fingerprint density at radius 1 is 1.50 bits per heavy atom. The molecule has 18 heavy (non-hydrogen) atoms. The second kappa shape index (κ2) is 5.34. The van der Waals surface area contributed by atoms with Gasteiger partial charge in [0.25, 0.3) is 0 Å². The fourth-order valence-electron chi connectivity index (χ4n) is 1.83. The fraction of sp³-hybridized carbons (Fsp3) is 0.385. The van der Waals surface area contributed by atoms with E-state index >= 15 is 0 Å². The predicted molar refractivity (Wildman–Crippen MR) is 70.3 cm³/mol. The maximum Gasteiger partial charge on any atom is 0.203 e. The van der Waals surface area contributed by atoms with Crippen molar-refractivity contribution in [1.82, 2.24) is 10.3 Å². The van der Waals surface area contributed by atoms with Gasteiger partial charge in [0, 0.05) is 10.9 Å². The minimum absolute atomic E-state index is 0.229. The van der Waals surface area contributed by atoms with Crippen LogP contribution in [0.2, 0.25) is 0 Å². The lowest BCUT2D eigenvalue weighted by atomic mass is 10.2. The molecule has 2 aromatic rings. The van der Waals surface area contributed by atoms with E-state index in [0.29, 0.717) is 12.3 Å². The summed E-state index contributed by atoms with van der Waals surface area (Å²) >= 11 is 1.71. The zero-order chi connectivity index (χ0) is 13.1. The number of furan rings is 1. The van der Waals surface area contributed by atoms with E-state index in [-0.39, 0.29) is 6.04 Å². The van der Waals surface area contributed by atoms with E-state index in [1.807, 2.05) is 26.0 Å². The van der Waals surface area contributed by atoms with Gasteiger partial charge in [-0.15, -0.1) is 11.3 Å². The van der Waals surface area contributed by atoms with Crippen LogP contribution in [0.3, 0.4) is 0 Å². The maximum atomic E-state index is 8.67. The molecule has 4 nitrogen and oxygen atoms in total. The molecule has 2 heterocycles. The summed E-state index contributed by atoms with van der Waals surface area (Å²) in [4.78, 5) is 5.67. The molecular weight excluding hydrogens is 246 g/mol. The lowest BCUT2D eigenvalue weighted by Crippen LogP contribution is -2.17. The number of thiazole rings is 1. The van der Waals surface area contributed by atoms with Crippen LogP contribution in [-0.4, -0.2) is 4.98 Å². The van der Waals surface area contributed by atoms with Gasteiger partial charge in [-0.05, 0) is 32.9 Å². The van der Waals surface area contributed by atoms with Crippen LogP contribution in [-0.2, 0) is 6.54 Å². The standard InChI is InChI=1S/C13H15N3OS/c1-8(13-9(2)16-10(3)18-13)15-7-12-5-4-11(6-14)17-12/h4-5,8,15H,7H2,1-3H3. The second-order valence-electron chi connectivity index (χ2n) is 4.16. The minimum atomic E-state index is 0.229. The van der Waals surface area contributed by atoms with Gasteiger partial charge in [0.05, 0.1) is 17.2 Å². The first-order valence-electron chi connectivity index (χ1n) is 5.76. The zero-order valence-corrected chi connectivity index (χ0v) is 11.5. The molecule has 0 saturated heterocycles. The number of hydrogen-bond donors (Lipinski definition) is 1. The number of nitrogens with zero attached hydrogens (tertiary/aromatic N) is 2. The van der Waals surface area contributed by atoms with E-state index in [1.165, 1.54) is 4.88 Å². The summed E-state index contributed by atoms with van der Waals surface area (Å²) in [6, 6.07) is 5.71. The van der Waals surface area contributed by atoms with Crippen LogP contribution in [0.5, 0.6) is 0 Å². The van der Waals surface area contributed by atoms with Crippen LogP contribution in [0.1, 0.15) is 40.1 Å². The Bertz CT molecular complexity index is 579. The smallest absolute Gasteiger partial charge is 0.203 e. The summed E-state index contributed by atoms with van der Waals surface area (Å²) in [5, 5.41) is 13.1. The van der Waals surface area contributed by atoms with Gasteiger partial charge in [0.15, 0.2) is 0 Å². The highest BCUT2D eigenvalue weighted by molar-refractivity contribution is 7.11. The van der Waals surface area contributed by atoms with E-state index < -0.39 is 0 Å². The molecular formula is C13H15N3OS. The van der Waals surface area contributed by atoms with Gasteiger partial charge in [-0.1, -0.05) is 0 Å². The third-order valence-electron chi connectivity index (χ3n) is 2.69. The van der Waals surface area contributed by atoms with E-state index in [9.17, 15) is 0 Å². The number of hydrogen-bond acceptors (Lipinski definition) is 5. The minimum Gasteiger partial charge on any atom is -0.449 e. The molecule has 0 radical (unpaired) electrons. The average Bonchev–Trinajstić information content (AvgIpc) is 2.92. The van der Waals surface area contributed by atoms with E-state index in [4.69, 9.17) is 9.68 Å². The summed E-state index contributed by atoms with van der Waals surface area (Å²) in [7, 11) is 0. The summed E-state index contributed by atoms with van der Waals surface area (Å²) in [6.45, 7) is 6.75. The first kappa shape index (κ1) is 12.8. The van der Waals surface area contributed by atoms with Crippen molar-refractivity contribution in [3.05, 3.63) is 39.2 Å². The van der Waals surface area contributed by atoms with Crippen molar-refractivity contribution < 1.29 is 4.42 Å². The number of rotatable bonds is 4. The normalized spacial score (nSPS) is 12.3. The quantitative estimate of drug-likeness (QED) is 0.918. The lowest BCUT2D eigenvalue weighted by molar-refractivity contribution is 0.455. The Balaban J connectivity index is 1.98.